The molecule has 9 aromatic rings. The Bertz CT molecular complexity index is 2720. The number of rotatable bonds is 6. The molecule has 246 valence electrons. The van der Waals surface area contributed by atoms with E-state index in [2.05, 4.69) is 132 Å². The van der Waals surface area contributed by atoms with Crippen LogP contribution < -0.4 is 16.0 Å². The van der Waals surface area contributed by atoms with Crippen molar-refractivity contribution in [2.24, 2.45) is 0 Å². The Labute approximate surface area is 302 Å². The average molecular weight is 685 g/mol. The molecule has 0 radical (unpaired) electrons. The molecule has 1 aliphatic carbocycles. The Morgan fingerprint density at radius 3 is 1.60 bits per heavy atom. The average Bonchev–Trinajstić information content (AvgIpc) is 3.72. The lowest BCUT2D eigenvalue weighted by Crippen LogP contribution is -2.31. The van der Waals surface area contributed by atoms with Crippen molar-refractivity contribution in [2.75, 3.05) is 0 Å². The van der Waals surface area contributed by atoms with Gasteiger partial charge in [-0.05, 0) is 69.8 Å². The fraction of sp³-hybridized carbons (Fsp3) is 0.0208. The molecule has 0 amide bonds. The van der Waals surface area contributed by atoms with Crippen LogP contribution >= 0.6 is 7.14 Å². The maximum atomic E-state index is 15.3. The minimum atomic E-state index is -3.25. The molecule has 0 bridgehead atoms. The highest BCUT2D eigenvalue weighted by atomic mass is 31.2. The number of hydrogen-bond acceptors (Lipinski definition) is 2. The first-order chi connectivity index (χ1) is 25.7. The molecule has 0 fully saturated rings. The first kappa shape index (κ1) is 30.5. The molecule has 0 N–H and O–H groups in total. The van der Waals surface area contributed by atoms with Gasteiger partial charge in [0.25, 0.3) is 0 Å². The van der Waals surface area contributed by atoms with E-state index in [9.17, 15) is 0 Å². The van der Waals surface area contributed by atoms with Crippen LogP contribution in [0.1, 0.15) is 22.3 Å². The largest absolute Gasteiger partial charge is 0.309 e. The number of fused-ring (bicyclic) bond motifs is 6. The third-order valence-corrected chi connectivity index (χ3v) is 13.8. The summed E-state index contributed by atoms with van der Waals surface area (Å²) in [7, 11) is -3.25. The molecule has 0 aliphatic heterocycles. The number of hydrogen-bond donors (Lipinski definition) is 0. The second kappa shape index (κ2) is 11.9. The van der Waals surface area contributed by atoms with E-state index >= 15 is 4.57 Å². The first-order valence-corrected chi connectivity index (χ1v) is 19.4. The van der Waals surface area contributed by atoms with Gasteiger partial charge in [-0.25, -0.2) is 0 Å². The highest BCUT2D eigenvalue weighted by Crippen LogP contribution is 2.56. The summed E-state index contributed by atoms with van der Waals surface area (Å²) >= 11 is 0. The van der Waals surface area contributed by atoms with E-state index in [1.54, 1.807) is 0 Å². The topological polar surface area (TPSA) is 34.9 Å². The molecule has 0 spiro atoms. The summed E-state index contributed by atoms with van der Waals surface area (Å²) in [6.45, 7) is 0. The van der Waals surface area contributed by atoms with Crippen molar-refractivity contribution in [1.29, 1.82) is 0 Å². The zero-order valence-corrected chi connectivity index (χ0v) is 29.2. The highest BCUT2D eigenvalue weighted by Gasteiger charge is 2.46. The fourth-order valence-electron chi connectivity index (χ4n) is 8.57. The number of pyridine rings is 1. The molecule has 2 aromatic heterocycles. The van der Waals surface area contributed by atoms with Crippen molar-refractivity contribution in [1.82, 2.24) is 9.55 Å². The molecular weight excluding hydrogens is 652 g/mol. The van der Waals surface area contributed by atoms with Crippen molar-refractivity contribution in [3.05, 3.63) is 223 Å². The smallest absolute Gasteiger partial charge is 0.188 e. The van der Waals surface area contributed by atoms with Crippen molar-refractivity contribution >= 4 is 45.0 Å². The van der Waals surface area contributed by atoms with Gasteiger partial charge < -0.3 is 9.13 Å². The Hall–Kier alpha value is -6.28. The van der Waals surface area contributed by atoms with Gasteiger partial charge in [0.05, 0.1) is 16.4 Å². The molecule has 0 saturated carbocycles. The van der Waals surface area contributed by atoms with Crippen LogP contribution in [0.5, 0.6) is 0 Å². The van der Waals surface area contributed by atoms with E-state index in [1.165, 1.54) is 38.5 Å². The maximum Gasteiger partial charge on any atom is 0.188 e. The van der Waals surface area contributed by atoms with Gasteiger partial charge in [-0.2, -0.15) is 0 Å². The number of aromatic nitrogens is 2. The van der Waals surface area contributed by atoms with E-state index in [-0.39, 0.29) is 0 Å². The fourth-order valence-corrected chi connectivity index (χ4v) is 11.1. The normalized spacial score (nSPS) is 13.2. The molecular formula is C48H33N2OP. The summed E-state index contributed by atoms with van der Waals surface area (Å²) in [5, 5.41) is 3.94. The molecule has 7 aromatic carbocycles. The second-order valence-electron chi connectivity index (χ2n) is 13.4. The Morgan fingerprint density at radius 2 is 0.981 bits per heavy atom. The molecule has 1 aliphatic rings. The molecule has 4 heteroatoms. The van der Waals surface area contributed by atoms with E-state index < -0.39 is 12.6 Å². The van der Waals surface area contributed by atoms with Crippen molar-refractivity contribution in [3.8, 4) is 16.8 Å². The minimum Gasteiger partial charge on any atom is -0.309 e. The number of para-hydroxylation sites is 2. The summed E-state index contributed by atoms with van der Waals surface area (Å²) in [5.41, 5.74) is 10.4. The zero-order chi connectivity index (χ0) is 34.7. The van der Waals surface area contributed by atoms with Gasteiger partial charge in [0.1, 0.15) is 5.44 Å². The van der Waals surface area contributed by atoms with Crippen LogP contribution in [0.4, 0.5) is 0 Å². The predicted molar refractivity (Wildman–Crippen MR) is 215 cm³/mol. The van der Waals surface area contributed by atoms with Gasteiger partial charge >= 0.3 is 0 Å². The molecule has 0 unspecified atom stereocenters. The van der Waals surface area contributed by atoms with Crippen LogP contribution in [-0.2, 0) is 9.98 Å². The SMILES string of the molecule is O=P(c1ccccc1)(c1ccccc1)c1ccc(C2(c3ccc4c(c3)c3ccccc3n4-c3ccccc3)c3ccccc3-c3ccccc32)cn1. The monoisotopic (exact) mass is 684 g/mol. The molecule has 52 heavy (non-hydrogen) atoms. The van der Waals surface area contributed by atoms with Crippen LogP contribution in [0.3, 0.4) is 0 Å². The van der Waals surface area contributed by atoms with Crippen molar-refractivity contribution in [2.45, 2.75) is 5.41 Å². The summed E-state index contributed by atoms with van der Waals surface area (Å²) in [6, 6.07) is 67.5. The second-order valence-corrected chi connectivity index (χ2v) is 16.2. The molecule has 2 heterocycles. The molecule has 0 atom stereocenters. The van der Waals surface area contributed by atoms with E-state index in [4.69, 9.17) is 4.98 Å². The van der Waals surface area contributed by atoms with Gasteiger partial charge in [0, 0.05) is 33.3 Å². The first-order valence-electron chi connectivity index (χ1n) is 17.7. The van der Waals surface area contributed by atoms with Gasteiger partial charge in [-0.1, -0.05) is 158 Å². The summed E-state index contributed by atoms with van der Waals surface area (Å²) in [6.07, 6.45) is 1.98. The van der Waals surface area contributed by atoms with Crippen molar-refractivity contribution in [3.63, 3.8) is 0 Å². The summed E-state index contributed by atoms with van der Waals surface area (Å²) in [4.78, 5) is 5.15. The number of benzene rings is 7. The van der Waals surface area contributed by atoms with Crippen LogP contribution in [0.2, 0.25) is 0 Å². The summed E-state index contributed by atoms with van der Waals surface area (Å²) < 4.78 is 17.7. The van der Waals surface area contributed by atoms with Crippen molar-refractivity contribution < 1.29 is 4.57 Å². The zero-order valence-electron chi connectivity index (χ0n) is 28.3. The predicted octanol–water partition coefficient (Wildman–Crippen LogP) is 10.2. The van der Waals surface area contributed by atoms with Crippen LogP contribution in [0.25, 0.3) is 38.6 Å². The van der Waals surface area contributed by atoms with Gasteiger partial charge in [-0.3, -0.25) is 4.98 Å². The van der Waals surface area contributed by atoms with E-state index in [0.29, 0.717) is 5.44 Å². The number of nitrogens with zero attached hydrogens (tertiary/aromatic N) is 2. The lowest BCUT2D eigenvalue weighted by Gasteiger charge is -2.34. The lowest BCUT2D eigenvalue weighted by molar-refractivity contribution is 0.592. The molecule has 0 saturated heterocycles. The summed E-state index contributed by atoms with van der Waals surface area (Å²) in [5.74, 6) is 0. The van der Waals surface area contributed by atoms with Gasteiger partial charge in [0.15, 0.2) is 7.14 Å². The Morgan fingerprint density at radius 1 is 0.462 bits per heavy atom. The quantitative estimate of drug-likeness (QED) is 0.164. The minimum absolute atomic E-state index is 0.574. The maximum absolute atomic E-state index is 15.3. The van der Waals surface area contributed by atoms with Gasteiger partial charge in [-0.15, -0.1) is 0 Å². The Balaban J connectivity index is 1.25. The molecule has 10 rings (SSSR count). The highest BCUT2D eigenvalue weighted by molar-refractivity contribution is 7.85. The van der Waals surface area contributed by atoms with Crippen LogP contribution in [-0.4, -0.2) is 9.55 Å². The molecule has 3 nitrogen and oxygen atoms in total. The van der Waals surface area contributed by atoms with E-state index in [0.717, 1.165) is 32.9 Å². The standard InChI is InChI=1S/C48H33N2OP/c51-52(37-18-6-2-7-19-37,38-20-8-3-9-21-38)47-31-29-35(33-49-47)48(43-25-13-10-22-39(43)40-23-11-14-26-44(40)48)34-28-30-46-42(32-34)41-24-12-15-27-45(41)50(46)36-16-4-1-5-17-36/h1-33H. The lowest BCUT2D eigenvalue weighted by atomic mass is 9.68. The third-order valence-electron chi connectivity index (χ3n) is 10.8. The van der Waals surface area contributed by atoms with E-state index in [1.807, 2.05) is 72.9 Å². The van der Waals surface area contributed by atoms with Crippen LogP contribution in [0.15, 0.2) is 200 Å². The third kappa shape index (κ3) is 4.33. The van der Waals surface area contributed by atoms with Crippen LogP contribution in [0, 0.1) is 0 Å². The Kier molecular flexibility index (Phi) is 6.99. The van der Waals surface area contributed by atoms with Gasteiger partial charge in [0.2, 0.25) is 0 Å².